The normalized spacial score (nSPS) is 11.2. The number of aromatic nitrogens is 4. The number of thiophene rings is 1. The van der Waals surface area contributed by atoms with Crippen LogP contribution >= 0.6 is 22.7 Å². The summed E-state index contributed by atoms with van der Waals surface area (Å²) >= 11 is 3.16. The first-order chi connectivity index (χ1) is 11.2. The number of nitrogens with zero attached hydrogens (tertiary/aromatic N) is 4. The van der Waals surface area contributed by atoms with Crippen LogP contribution in [0.3, 0.4) is 0 Å². The molecule has 4 heterocycles. The summed E-state index contributed by atoms with van der Waals surface area (Å²) < 4.78 is 0. The molecule has 0 unspecified atom stereocenters. The van der Waals surface area contributed by atoms with E-state index in [4.69, 9.17) is 5.73 Å². The average molecular weight is 339 g/mol. The van der Waals surface area contributed by atoms with Gasteiger partial charge in [0.15, 0.2) is 10.8 Å². The molecule has 0 fully saturated rings. The highest BCUT2D eigenvalue weighted by molar-refractivity contribution is 7.18. The molecule has 0 saturated heterocycles. The lowest BCUT2D eigenvalue weighted by Crippen LogP contribution is -1.95. The molecule has 7 heteroatoms. The predicted molar refractivity (Wildman–Crippen MR) is 94.7 cm³/mol. The van der Waals surface area contributed by atoms with Crippen molar-refractivity contribution in [3.8, 4) is 10.8 Å². The smallest absolute Gasteiger partial charge is 0.192 e. The molecule has 0 aromatic carbocycles. The highest BCUT2D eigenvalue weighted by Crippen LogP contribution is 2.31. The van der Waals surface area contributed by atoms with E-state index >= 15 is 0 Å². The van der Waals surface area contributed by atoms with Crippen LogP contribution in [0.2, 0.25) is 0 Å². The maximum absolute atomic E-state index is 6.12. The molecule has 0 spiro atoms. The summed E-state index contributed by atoms with van der Waals surface area (Å²) in [6, 6.07) is 7.98. The standard InChI is InChI=1S/C16H13N5S2/c1-9-8-22-16(19-9)14-20-13(17)12-7-11(23-15(12)21-14)6-10-4-2-3-5-18-10/h2-5,7-8H,6H2,1H3,(H2,17,20,21). The molecule has 4 aromatic rings. The van der Waals surface area contributed by atoms with Crippen LogP contribution in [0, 0.1) is 6.92 Å². The van der Waals surface area contributed by atoms with E-state index in [1.165, 1.54) is 16.2 Å². The maximum atomic E-state index is 6.12. The van der Waals surface area contributed by atoms with Gasteiger partial charge in [-0.3, -0.25) is 4.98 Å². The molecule has 0 aliphatic carbocycles. The van der Waals surface area contributed by atoms with Gasteiger partial charge in [-0.1, -0.05) is 6.07 Å². The van der Waals surface area contributed by atoms with Gasteiger partial charge < -0.3 is 5.73 Å². The minimum Gasteiger partial charge on any atom is -0.383 e. The van der Waals surface area contributed by atoms with E-state index in [1.54, 1.807) is 17.5 Å². The molecule has 2 N–H and O–H groups in total. The zero-order valence-electron chi connectivity index (χ0n) is 12.4. The topological polar surface area (TPSA) is 77.6 Å². The highest BCUT2D eigenvalue weighted by atomic mass is 32.1. The zero-order valence-corrected chi connectivity index (χ0v) is 14.0. The Balaban J connectivity index is 1.75. The van der Waals surface area contributed by atoms with Crippen molar-refractivity contribution in [2.45, 2.75) is 13.3 Å². The fourth-order valence-corrected chi connectivity index (χ4v) is 4.09. The Labute approximate surface area is 140 Å². The number of nitrogen functional groups attached to an aromatic ring is 1. The molecular formula is C16H13N5S2. The average Bonchev–Trinajstić information content (AvgIpc) is 3.14. The van der Waals surface area contributed by atoms with E-state index in [9.17, 15) is 0 Å². The number of thiazole rings is 1. The van der Waals surface area contributed by atoms with Crippen molar-refractivity contribution in [3.63, 3.8) is 0 Å². The summed E-state index contributed by atoms with van der Waals surface area (Å²) in [6.45, 7) is 1.96. The SMILES string of the molecule is Cc1csc(-c2nc(N)c3cc(Cc4ccccn4)sc3n2)n1. The summed E-state index contributed by atoms with van der Waals surface area (Å²) in [4.78, 5) is 19.9. The van der Waals surface area contributed by atoms with Crippen molar-refractivity contribution in [3.05, 3.63) is 52.1 Å². The molecular weight excluding hydrogens is 326 g/mol. The fourth-order valence-electron chi connectivity index (χ4n) is 2.31. The molecule has 0 aliphatic heterocycles. The Hall–Kier alpha value is -2.38. The van der Waals surface area contributed by atoms with Crippen LogP contribution in [0.25, 0.3) is 21.0 Å². The van der Waals surface area contributed by atoms with E-state index in [2.05, 4.69) is 26.0 Å². The third kappa shape index (κ3) is 2.80. The lowest BCUT2D eigenvalue weighted by atomic mass is 10.2. The number of pyridine rings is 1. The van der Waals surface area contributed by atoms with Gasteiger partial charge in [-0.2, -0.15) is 0 Å². The van der Waals surface area contributed by atoms with Gasteiger partial charge in [-0.15, -0.1) is 22.7 Å². The molecule has 4 aromatic heterocycles. The molecule has 0 saturated carbocycles. The van der Waals surface area contributed by atoms with E-state index in [0.29, 0.717) is 11.6 Å². The summed E-state index contributed by atoms with van der Waals surface area (Å²) in [7, 11) is 0. The molecule has 114 valence electrons. The molecule has 0 aliphatic rings. The minimum absolute atomic E-state index is 0.501. The highest BCUT2D eigenvalue weighted by Gasteiger charge is 2.13. The molecule has 5 nitrogen and oxygen atoms in total. The summed E-state index contributed by atoms with van der Waals surface area (Å²) in [6.07, 6.45) is 2.58. The van der Waals surface area contributed by atoms with Crippen molar-refractivity contribution in [2.24, 2.45) is 0 Å². The second-order valence-corrected chi connectivity index (χ2v) is 7.13. The lowest BCUT2D eigenvalue weighted by molar-refractivity contribution is 1.10. The number of hydrogen-bond acceptors (Lipinski definition) is 7. The largest absolute Gasteiger partial charge is 0.383 e. The number of hydrogen-bond donors (Lipinski definition) is 1. The molecule has 0 atom stereocenters. The Morgan fingerprint density at radius 1 is 1.17 bits per heavy atom. The van der Waals surface area contributed by atoms with E-state index in [0.717, 1.165) is 33.0 Å². The molecule has 23 heavy (non-hydrogen) atoms. The van der Waals surface area contributed by atoms with E-state index < -0.39 is 0 Å². The molecule has 0 bridgehead atoms. The number of aryl methyl sites for hydroxylation is 1. The first kappa shape index (κ1) is 14.2. The Bertz CT molecular complexity index is 975. The quantitative estimate of drug-likeness (QED) is 0.616. The third-order valence-corrected chi connectivity index (χ3v) is 5.35. The van der Waals surface area contributed by atoms with Crippen molar-refractivity contribution < 1.29 is 0 Å². The number of rotatable bonds is 3. The van der Waals surface area contributed by atoms with Gasteiger partial charge >= 0.3 is 0 Å². The van der Waals surface area contributed by atoms with Gasteiger partial charge in [-0.05, 0) is 25.1 Å². The van der Waals surface area contributed by atoms with Crippen LogP contribution in [0.4, 0.5) is 5.82 Å². The van der Waals surface area contributed by atoms with Crippen LogP contribution < -0.4 is 5.73 Å². The van der Waals surface area contributed by atoms with Crippen molar-refractivity contribution in [1.82, 2.24) is 19.9 Å². The lowest BCUT2D eigenvalue weighted by Gasteiger charge is -1.98. The Morgan fingerprint density at radius 3 is 2.83 bits per heavy atom. The van der Waals surface area contributed by atoms with Gasteiger partial charge in [-0.25, -0.2) is 15.0 Å². The Morgan fingerprint density at radius 2 is 2.09 bits per heavy atom. The van der Waals surface area contributed by atoms with Crippen molar-refractivity contribution in [2.75, 3.05) is 5.73 Å². The van der Waals surface area contributed by atoms with Crippen LogP contribution in [-0.4, -0.2) is 19.9 Å². The summed E-state index contributed by atoms with van der Waals surface area (Å²) in [5.41, 5.74) is 8.12. The van der Waals surface area contributed by atoms with Crippen molar-refractivity contribution in [1.29, 1.82) is 0 Å². The molecule has 0 amide bonds. The minimum atomic E-state index is 0.501. The van der Waals surface area contributed by atoms with Gasteiger partial charge in [0.25, 0.3) is 0 Å². The van der Waals surface area contributed by atoms with Gasteiger partial charge in [0.05, 0.1) is 5.39 Å². The maximum Gasteiger partial charge on any atom is 0.192 e. The monoisotopic (exact) mass is 339 g/mol. The second kappa shape index (κ2) is 5.68. The number of fused-ring (bicyclic) bond motifs is 1. The molecule has 4 rings (SSSR count). The van der Waals surface area contributed by atoms with E-state index in [1.807, 2.05) is 30.5 Å². The zero-order chi connectivity index (χ0) is 15.8. The number of nitrogens with two attached hydrogens (primary N) is 1. The van der Waals surface area contributed by atoms with Crippen LogP contribution in [0.1, 0.15) is 16.3 Å². The van der Waals surface area contributed by atoms with Gasteiger partial charge in [0.1, 0.15) is 10.6 Å². The van der Waals surface area contributed by atoms with Crippen LogP contribution in [0.5, 0.6) is 0 Å². The summed E-state index contributed by atoms with van der Waals surface area (Å²) in [5, 5.41) is 3.69. The predicted octanol–water partition coefficient (Wildman–Crippen LogP) is 3.69. The number of anilines is 1. The third-order valence-electron chi connectivity index (χ3n) is 3.37. The van der Waals surface area contributed by atoms with Crippen LogP contribution in [-0.2, 0) is 6.42 Å². The van der Waals surface area contributed by atoms with Gasteiger partial charge in [0.2, 0.25) is 0 Å². The van der Waals surface area contributed by atoms with Crippen molar-refractivity contribution >= 4 is 38.7 Å². The summed E-state index contributed by atoms with van der Waals surface area (Å²) in [5.74, 6) is 1.10. The van der Waals surface area contributed by atoms with Gasteiger partial charge in [0, 0.05) is 34.3 Å². The molecule has 0 radical (unpaired) electrons. The van der Waals surface area contributed by atoms with Crippen LogP contribution in [0.15, 0.2) is 35.8 Å². The second-order valence-electron chi connectivity index (χ2n) is 5.16. The fraction of sp³-hybridized carbons (Fsp3) is 0.125. The Kier molecular flexibility index (Phi) is 3.51. The first-order valence-electron chi connectivity index (χ1n) is 7.07. The van der Waals surface area contributed by atoms with E-state index in [-0.39, 0.29) is 0 Å². The first-order valence-corrected chi connectivity index (χ1v) is 8.77.